The SMILES string of the molecule is O=C(O)CCNCCCCCCCCCCCCCC1=CC=C[NH+](CCCCCCCCCCCCCc2cccnc2)C1. The maximum Gasteiger partial charge on any atom is 0.304 e. The summed E-state index contributed by atoms with van der Waals surface area (Å²) in [5.74, 6) is -0.716. The van der Waals surface area contributed by atoms with Crippen LogP contribution in [-0.2, 0) is 11.2 Å². The summed E-state index contributed by atoms with van der Waals surface area (Å²) in [6.45, 7) is 4.09. The van der Waals surface area contributed by atoms with Gasteiger partial charge in [0, 0.05) is 18.9 Å². The van der Waals surface area contributed by atoms with Crippen LogP contribution in [0.5, 0.6) is 0 Å². The van der Waals surface area contributed by atoms with Crippen LogP contribution in [0.25, 0.3) is 0 Å². The number of nitrogens with one attached hydrogen (secondary N) is 2. The van der Waals surface area contributed by atoms with Crippen molar-refractivity contribution in [3.63, 3.8) is 0 Å². The van der Waals surface area contributed by atoms with Gasteiger partial charge in [-0.1, -0.05) is 121 Å². The van der Waals surface area contributed by atoms with E-state index in [4.69, 9.17) is 5.11 Å². The van der Waals surface area contributed by atoms with Crippen LogP contribution in [-0.4, -0.2) is 42.2 Å². The van der Waals surface area contributed by atoms with E-state index in [9.17, 15) is 4.79 Å². The number of unbranched alkanes of at least 4 members (excludes halogenated alkanes) is 20. The highest BCUT2D eigenvalue weighted by molar-refractivity contribution is 5.66. The number of hydrogen-bond donors (Lipinski definition) is 3. The van der Waals surface area contributed by atoms with E-state index in [1.54, 1.807) is 10.5 Å². The third-order valence-corrected chi connectivity index (χ3v) is 9.17. The van der Waals surface area contributed by atoms with Crippen molar-refractivity contribution in [1.82, 2.24) is 10.3 Å². The third-order valence-electron chi connectivity index (χ3n) is 9.17. The van der Waals surface area contributed by atoms with Gasteiger partial charge >= 0.3 is 5.97 Å². The van der Waals surface area contributed by atoms with Crippen molar-refractivity contribution >= 4 is 5.97 Å². The first-order chi connectivity index (χ1) is 21.7. The molecule has 3 N–H and O–H groups in total. The van der Waals surface area contributed by atoms with Crippen LogP contribution in [0.2, 0.25) is 0 Å². The predicted molar refractivity (Wildman–Crippen MR) is 187 cm³/mol. The molecule has 0 bridgehead atoms. The molecule has 1 aliphatic heterocycles. The summed E-state index contributed by atoms with van der Waals surface area (Å²) in [5.41, 5.74) is 3.05. The van der Waals surface area contributed by atoms with Gasteiger partial charge in [-0.3, -0.25) is 9.78 Å². The van der Waals surface area contributed by atoms with E-state index in [1.165, 1.54) is 173 Å². The van der Waals surface area contributed by atoms with Crippen molar-refractivity contribution in [3.8, 4) is 0 Å². The van der Waals surface area contributed by atoms with Crippen LogP contribution < -0.4 is 10.2 Å². The van der Waals surface area contributed by atoms with E-state index in [0.29, 0.717) is 6.54 Å². The third kappa shape index (κ3) is 23.4. The molecule has 0 amide bonds. The van der Waals surface area contributed by atoms with Crippen molar-refractivity contribution in [2.45, 2.75) is 161 Å². The summed E-state index contributed by atoms with van der Waals surface area (Å²) in [4.78, 5) is 16.3. The summed E-state index contributed by atoms with van der Waals surface area (Å²) >= 11 is 0. The van der Waals surface area contributed by atoms with Gasteiger partial charge < -0.3 is 15.3 Å². The lowest BCUT2D eigenvalue weighted by molar-refractivity contribution is -0.842. The van der Waals surface area contributed by atoms with Crippen molar-refractivity contribution < 1.29 is 14.8 Å². The lowest BCUT2D eigenvalue weighted by Crippen LogP contribution is -3.08. The predicted octanol–water partition coefficient (Wildman–Crippen LogP) is 9.00. The van der Waals surface area contributed by atoms with Crippen molar-refractivity contribution in [3.05, 3.63) is 54.0 Å². The van der Waals surface area contributed by atoms with Gasteiger partial charge in [0.05, 0.1) is 19.2 Å². The number of quaternary nitrogens is 1. The van der Waals surface area contributed by atoms with Crippen LogP contribution >= 0.6 is 0 Å². The first-order valence-corrected chi connectivity index (χ1v) is 18.8. The maximum absolute atomic E-state index is 10.5. The lowest BCUT2D eigenvalue weighted by Gasteiger charge is -2.19. The molecule has 0 saturated heterocycles. The van der Waals surface area contributed by atoms with Crippen LogP contribution in [0, 0.1) is 0 Å². The second-order valence-corrected chi connectivity index (χ2v) is 13.3. The molecule has 2 heterocycles. The molecule has 1 aliphatic rings. The van der Waals surface area contributed by atoms with E-state index in [1.807, 2.05) is 18.5 Å². The maximum atomic E-state index is 10.5. The van der Waals surface area contributed by atoms with E-state index in [-0.39, 0.29) is 6.42 Å². The first-order valence-electron chi connectivity index (χ1n) is 18.8. The summed E-state index contributed by atoms with van der Waals surface area (Å²) in [6, 6.07) is 4.24. The van der Waals surface area contributed by atoms with Gasteiger partial charge in [-0.05, 0) is 74.8 Å². The monoisotopic (exact) mass is 611 g/mol. The number of hydrogen-bond acceptors (Lipinski definition) is 3. The van der Waals surface area contributed by atoms with Crippen molar-refractivity contribution in [1.29, 1.82) is 0 Å². The number of nitrogens with zero attached hydrogens (tertiary/aromatic N) is 1. The molecule has 44 heavy (non-hydrogen) atoms. The number of carboxylic acids is 1. The fraction of sp³-hybridized carbons (Fsp3) is 0.744. The number of aliphatic carboxylic acids is 1. The quantitative estimate of drug-likeness (QED) is 0.0734. The molecular weight excluding hydrogens is 542 g/mol. The minimum atomic E-state index is -0.716. The number of carbonyl (C=O) groups is 1. The van der Waals surface area contributed by atoms with Crippen molar-refractivity contribution in [2.24, 2.45) is 0 Å². The van der Waals surface area contributed by atoms with Gasteiger partial charge in [0.2, 0.25) is 0 Å². The highest BCUT2D eigenvalue weighted by Gasteiger charge is 2.11. The average Bonchev–Trinajstić information content (AvgIpc) is 3.03. The molecule has 1 aromatic rings. The fourth-order valence-electron chi connectivity index (χ4n) is 6.40. The number of rotatable bonds is 31. The van der Waals surface area contributed by atoms with E-state index < -0.39 is 5.97 Å². The van der Waals surface area contributed by atoms with Gasteiger partial charge in [-0.25, -0.2) is 0 Å². The zero-order valence-electron chi connectivity index (χ0n) is 28.4. The molecule has 0 aliphatic carbocycles. The van der Waals surface area contributed by atoms with Gasteiger partial charge in [0.25, 0.3) is 0 Å². The summed E-state index contributed by atoms with van der Waals surface area (Å²) < 4.78 is 0. The van der Waals surface area contributed by atoms with Gasteiger partial charge in [0.1, 0.15) is 6.54 Å². The molecule has 1 unspecified atom stereocenters. The molecule has 5 nitrogen and oxygen atoms in total. The molecule has 0 aromatic carbocycles. The average molecular weight is 611 g/mol. The van der Waals surface area contributed by atoms with E-state index in [2.05, 4.69) is 34.7 Å². The first kappa shape index (κ1) is 38.2. The highest BCUT2D eigenvalue weighted by Crippen LogP contribution is 2.15. The molecule has 0 spiro atoms. The smallest absolute Gasteiger partial charge is 0.304 e. The van der Waals surface area contributed by atoms with E-state index in [0.717, 1.165) is 6.54 Å². The molecule has 0 fully saturated rings. The Morgan fingerprint density at radius 1 is 0.705 bits per heavy atom. The Labute approximate surface area is 271 Å². The van der Waals surface area contributed by atoms with Crippen LogP contribution in [0.1, 0.15) is 160 Å². The topological polar surface area (TPSA) is 66.7 Å². The Kier molecular flexibility index (Phi) is 24.7. The number of carboxylic acid groups (broad SMARTS) is 1. The normalized spacial score (nSPS) is 14.6. The molecular formula is C39H68N3O2+. The number of pyridine rings is 1. The summed E-state index contributed by atoms with van der Waals surface area (Å²) in [5, 5.41) is 11.8. The molecule has 2 rings (SSSR count). The minimum Gasteiger partial charge on any atom is -0.481 e. The molecule has 250 valence electrons. The molecule has 1 aromatic heterocycles. The van der Waals surface area contributed by atoms with Crippen LogP contribution in [0.3, 0.4) is 0 Å². The Balaban J connectivity index is 1.27. The Morgan fingerprint density at radius 3 is 1.82 bits per heavy atom. The lowest BCUT2D eigenvalue weighted by atomic mass is 10.0. The molecule has 0 saturated carbocycles. The summed E-state index contributed by atoms with van der Waals surface area (Å²) in [6.07, 6.45) is 43.8. The van der Waals surface area contributed by atoms with Gasteiger partial charge in [0.15, 0.2) is 0 Å². The van der Waals surface area contributed by atoms with Crippen LogP contribution in [0.4, 0.5) is 0 Å². The summed E-state index contributed by atoms with van der Waals surface area (Å²) in [7, 11) is 0. The number of allylic oxidation sites excluding steroid dienone is 2. The fourth-order valence-corrected chi connectivity index (χ4v) is 6.40. The molecule has 1 atom stereocenters. The molecule has 0 radical (unpaired) electrons. The number of aromatic nitrogens is 1. The van der Waals surface area contributed by atoms with Crippen molar-refractivity contribution in [2.75, 3.05) is 26.2 Å². The van der Waals surface area contributed by atoms with E-state index >= 15 is 0 Å². The zero-order chi connectivity index (χ0) is 31.2. The Bertz CT molecular complexity index is 854. The second kappa shape index (κ2) is 28.5. The van der Waals surface area contributed by atoms with Gasteiger partial charge in [-0.15, -0.1) is 0 Å². The standard InChI is InChI=1S/C39H67N3O2/c43-39(44)29-32-40-30-21-17-13-9-5-1-3-8-12-16-20-26-38-28-24-34-42(36-38)33-22-18-14-10-6-2-4-7-11-15-19-25-37-27-23-31-41-35-37/h23-24,27-28,31,34-35,40H,1-22,25-26,29-30,32-33,36H2,(H,43,44)/p+1. The second-order valence-electron chi connectivity index (χ2n) is 13.3. The Morgan fingerprint density at radius 2 is 1.25 bits per heavy atom. The minimum absolute atomic E-state index is 0.228. The largest absolute Gasteiger partial charge is 0.481 e. The zero-order valence-corrected chi connectivity index (χ0v) is 28.4. The number of aryl methyl sites for hydroxylation is 1. The highest BCUT2D eigenvalue weighted by atomic mass is 16.4. The van der Waals surface area contributed by atoms with Crippen LogP contribution in [0.15, 0.2) is 48.5 Å². The van der Waals surface area contributed by atoms with Gasteiger partial charge in [-0.2, -0.15) is 0 Å². The molecule has 5 heteroatoms. The Hall–Kier alpha value is -1.98.